The van der Waals surface area contributed by atoms with Gasteiger partial charge in [-0.15, -0.1) is 0 Å². The monoisotopic (exact) mass is 375 g/mol. The zero-order chi connectivity index (χ0) is 19.9. The van der Waals surface area contributed by atoms with Gasteiger partial charge < -0.3 is 4.74 Å². The van der Waals surface area contributed by atoms with Crippen LogP contribution in [-0.4, -0.2) is 15.9 Å². The first-order valence-electron chi connectivity index (χ1n) is 8.94. The molecule has 0 aliphatic heterocycles. The molecule has 0 aliphatic carbocycles. The average Bonchev–Trinajstić information content (AvgIpc) is 2.73. The number of nitriles is 1. The third kappa shape index (κ3) is 4.57. The SMILES string of the molecule is CCCCc1ccc(-c2ccc(C(=O)Oc3ccc(C#N)c(F)c3)nc2)nc1. The summed E-state index contributed by atoms with van der Waals surface area (Å²) in [6, 6.07) is 12.6. The van der Waals surface area contributed by atoms with E-state index in [4.69, 9.17) is 10.00 Å². The summed E-state index contributed by atoms with van der Waals surface area (Å²) in [6.07, 6.45) is 6.67. The molecule has 2 heterocycles. The molecule has 0 amide bonds. The van der Waals surface area contributed by atoms with Crippen molar-refractivity contribution in [1.82, 2.24) is 9.97 Å². The molecule has 3 aromatic rings. The van der Waals surface area contributed by atoms with E-state index in [1.807, 2.05) is 18.3 Å². The Morgan fingerprint density at radius 3 is 2.61 bits per heavy atom. The van der Waals surface area contributed by atoms with Gasteiger partial charge in [0.15, 0.2) is 0 Å². The minimum Gasteiger partial charge on any atom is -0.422 e. The van der Waals surface area contributed by atoms with Crippen molar-refractivity contribution in [3.05, 3.63) is 77.5 Å². The number of nitrogens with zero attached hydrogens (tertiary/aromatic N) is 3. The minimum atomic E-state index is -0.746. The maximum absolute atomic E-state index is 13.6. The molecule has 5 nitrogen and oxygen atoms in total. The Kier molecular flexibility index (Phi) is 6.07. The molecule has 0 aliphatic rings. The van der Waals surface area contributed by atoms with Crippen molar-refractivity contribution in [2.45, 2.75) is 26.2 Å². The number of esters is 1. The Morgan fingerprint density at radius 2 is 2.00 bits per heavy atom. The van der Waals surface area contributed by atoms with Crippen LogP contribution in [0.4, 0.5) is 4.39 Å². The first kappa shape index (κ1) is 19.2. The highest BCUT2D eigenvalue weighted by molar-refractivity contribution is 5.89. The highest BCUT2D eigenvalue weighted by Gasteiger charge is 2.12. The second-order valence-corrected chi connectivity index (χ2v) is 6.23. The summed E-state index contributed by atoms with van der Waals surface area (Å²) in [5, 5.41) is 8.73. The quantitative estimate of drug-likeness (QED) is 0.460. The molecule has 1 aromatic carbocycles. The number of carbonyl (C=O) groups is 1. The van der Waals surface area contributed by atoms with Crippen molar-refractivity contribution < 1.29 is 13.9 Å². The van der Waals surface area contributed by atoms with Crippen molar-refractivity contribution in [3.8, 4) is 23.1 Å². The van der Waals surface area contributed by atoms with Gasteiger partial charge in [0.05, 0.1) is 11.3 Å². The third-order valence-electron chi connectivity index (χ3n) is 4.18. The van der Waals surface area contributed by atoms with Crippen LogP contribution >= 0.6 is 0 Å². The number of carbonyl (C=O) groups excluding carboxylic acids is 1. The standard InChI is InChI=1S/C22H18FN3O2/c1-2-3-4-15-5-9-20(25-13-15)17-7-10-21(26-14-17)22(27)28-18-8-6-16(12-24)19(23)11-18/h5-11,13-14H,2-4H2,1H3. The summed E-state index contributed by atoms with van der Waals surface area (Å²) < 4.78 is 18.7. The zero-order valence-corrected chi connectivity index (χ0v) is 15.4. The van der Waals surface area contributed by atoms with Crippen molar-refractivity contribution >= 4 is 5.97 Å². The van der Waals surface area contributed by atoms with Gasteiger partial charge in [-0.2, -0.15) is 5.26 Å². The van der Waals surface area contributed by atoms with Gasteiger partial charge >= 0.3 is 5.97 Å². The van der Waals surface area contributed by atoms with Gasteiger partial charge in [-0.25, -0.2) is 14.2 Å². The summed E-state index contributed by atoms with van der Waals surface area (Å²) in [5.41, 5.74) is 2.71. The van der Waals surface area contributed by atoms with Crippen LogP contribution < -0.4 is 4.74 Å². The van der Waals surface area contributed by atoms with Gasteiger partial charge in [0.25, 0.3) is 0 Å². The Bertz CT molecular complexity index is 1010. The van der Waals surface area contributed by atoms with E-state index >= 15 is 0 Å². The van der Waals surface area contributed by atoms with Crippen LogP contribution in [0.25, 0.3) is 11.3 Å². The minimum absolute atomic E-state index is 0.0108. The van der Waals surface area contributed by atoms with E-state index in [1.165, 1.54) is 23.8 Å². The van der Waals surface area contributed by atoms with Crippen LogP contribution in [0.5, 0.6) is 5.75 Å². The van der Waals surface area contributed by atoms with E-state index in [9.17, 15) is 9.18 Å². The lowest BCUT2D eigenvalue weighted by Crippen LogP contribution is -2.10. The predicted molar refractivity (Wildman–Crippen MR) is 102 cm³/mol. The number of unbranched alkanes of at least 4 members (excludes halogenated alkanes) is 1. The number of halogens is 1. The molecule has 0 unspecified atom stereocenters. The Labute approximate surface area is 162 Å². The first-order chi connectivity index (χ1) is 13.6. The topological polar surface area (TPSA) is 75.9 Å². The number of hydrogen-bond acceptors (Lipinski definition) is 5. The average molecular weight is 375 g/mol. The number of rotatable bonds is 6. The van der Waals surface area contributed by atoms with Gasteiger partial charge in [0.1, 0.15) is 23.3 Å². The molecule has 0 radical (unpaired) electrons. The maximum Gasteiger partial charge on any atom is 0.362 e. The molecule has 0 atom stereocenters. The lowest BCUT2D eigenvalue weighted by atomic mass is 10.1. The number of ether oxygens (including phenoxy) is 1. The summed E-state index contributed by atoms with van der Waals surface area (Å²) in [7, 11) is 0. The first-order valence-corrected chi connectivity index (χ1v) is 8.94. The van der Waals surface area contributed by atoms with E-state index in [-0.39, 0.29) is 17.0 Å². The molecular weight excluding hydrogens is 357 g/mol. The van der Waals surface area contributed by atoms with Crippen LogP contribution in [0.1, 0.15) is 41.4 Å². The van der Waals surface area contributed by atoms with Gasteiger partial charge in [0.2, 0.25) is 0 Å². The Hall–Kier alpha value is -3.59. The molecule has 6 heteroatoms. The van der Waals surface area contributed by atoms with Gasteiger partial charge in [-0.05, 0) is 48.7 Å². The number of pyridine rings is 2. The Morgan fingerprint density at radius 1 is 1.14 bits per heavy atom. The van der Waals surface area contributed by atoms with Gasteiger partial charge in [-0.1, -0.05) is 19.4 Å². The summed E-state index contributed by atoms with van der Waals surface area (Å²) >= 11 is 0. The normalized spacial score (nSPS) is 10.3. The smallest absolute Gasteiger partial charge is 0.362 e. The molecule has 2 aromatic heterocycles. The largest absolute Gasteiger partial charge is 0.422 e. The number of aryl methyl sites for hydroxylation is 1. The van der Waals surface area contributed by atoms with Gasteiger partial charge in [-0.3, -0.25) is 4.98 Å². The maximum atomic E-state index is 13.6. The van der Waals surface area contributed by atoms with E-state index in [1.54, 1.807) is 18.3 Å². The molecule has 0 spiro atoms. The van der Waals surface area contributed by atoms with Crippen molar-refractivity contribution in [2.24, 2.45) is 0 Å². The van der Waals surface area contributed by atoms with Gasteiger partial charge in [0, 0.05) is 24.0 Å². The van der Waals surface area contributed by atoms with E-state index in [0.717, 1.165) is 36.6 Å². The summed E-state index contributed by atoms with van der Waals surface area (Å²) in [6.45, 7) is 2.15. The number of benzene rings is 1. The van der Waals surface area contributed by atoms with Crippen LogP contribution in [0.2, 0.25) is 0 Å². The fourth-order valence-corrected chi connectivity index (χ4v) is 2.60. The highest BCUT2D eigenvalue weighted by atomic mass is 19.1. The Balaban J connectivity index is 1.69. The van der Waals surface area contributed by atoms with Crippen molar-refractivity contribution in [3.63, 3.8) is 0 Å². The van der Waals surface area contributed by atoms with Crippen LogP contribution in [-0.2, 0) is 6.42 Å². The molecular formula is C22H18FN3O2. The number of aromatic nitrogens is 2. The van der Waals surface area contributed by atoms with Crippen molar-refractivity contribution in [2.75, 3.05) is 0 Å². The van der Waals surface area contributed by atoms with Crippen LogP contribution in [0, 0.1) is 17.1 Å². The fourth-order valence-electron chi connectivity index (χ4n) is 2.60. The summed E-state index contributed by atoms with van der Waals surface area (Å²) in [5.74, 6) is -1.44. The second kappa shape index (κ2) is 8.87. The van der Waals surface area contributed by atoms with Crippen LogP contribution in [0.15, 0.2) is 54.9 Å². The fraction of sp³-hybridized carbons (Fsp3) is 0.182. The van der Waals surface area contributed by atoms with E-state index < -0.39 is 11.8 Å². The molecule has 0 saturated carbocycles. The molecule has 140 valence electrons. The molecule has 28 heavy (non-hydrogen) atoms. The molecule has 0 bridgehead atoms. The highest BCUT2D eigenvalue weighted by Crippen LogP contribution is 2.19. The molecule has 0 fully saturated rings. The molecule has 3 rings (SSSR count). The van der Waals surface area contributed by atoms with Crippen LogP contribution in [0.3, 0.4) is 0 Å². The van der Waals surface area contributed by atoms with E-state index in [0.29, 0.717) is 0 Å². The zero-order valence-electron chi connectivity index (χ0n) is 15.4. The summed E-state index contributed by atoms with van der Waals surface area (Å²) in [4.78, 5) is 20.7. The lowest BCUT2D eigenvalue weighted by molar-refractivity contribution is 0.0728. The number of hydrogen-bond donors (Lipinski definition) is 0. The van der Waals surface area contributed by atoms with E-state index in [2.05, 4.69) is 16.9 Å². The lowest BCUT2D eigenvalue weighted by Gasteiger charge is -2.06. The second-order valence-electron chi connectivity index (χ2n) is 6.23. The molecule has 0 N–H and O–H groups in total. The van der Waals surface area contributed by atoms with Crippen molar-refractivity contribution in [1.29, 1.82) is 5.26 Å². The predicted octanol–water partition coefficient (Wildman–Crippen LogP) is 4.72. The third-order valence-corrected chi connectivity index (χ3v) is 4.18. The molecule has 0 saturated heterocycles.